The Morgan fingerprint density at radius 2 is 1.52 bits per heavy atom. The first-order valence-electron chi connectivity index (χ1n) is 8.62. The molecule has 0 fully saturated rings. The molecule has 1 N–H and O–H groups in total. The number of hydrogen-bond acceptors (Lipinski definition) is 3. The molecule has 0 spiro atoms. The molecule has 0 atom stereocenters. The predicted molar refractivity (Wildman–Crippen MR) is 111 cm³/mol. The van der Waals surface area contributed by atoms with E-state index in [9.17, 15) is 9.69 Å². The van der Waals surface area contributed by atoms with Crippen LogP contribution < -0.4 is 5.30 Å². The summed E-state index contributed by atoms with van der Waals surface area (Å²) in [6.07, 6.45) is -2.67. The third kappa shape index (κ3) is 6.40. The Balaban J connectivity index is 3.52. The molecule has 0 aromatic heterocycles. The molecule has 1 rings (SSSR count). The maximum atomic E-state index is 11.7. The third-order valence-electron chi connectivity index (χ3n) is 4.04. The van der Waals surface area contributed by atoms with Gasteiger partial charge in [0.15, 0.2) is 0 Å². The second-order valence-corrected chi connectivity index (χ2v) is 13.9. The van der Waals surface area contributed by atoms with Crippen LogP contribution in [0.5, 0.6) is 0 Å². The van der Waals surface area contributed by atoms with Crippen LogP contribution >= 0.6 is 28.7 Å². The molecule has 3 nitrogen and oxygen atoms in total. The summed E-state index contributed by atoms with van der Waals surface area (Å²) in [5, 5.41) is 0.677. The zero-order valence-corrected chi connectivity index (χ0v) is 18.8. The van der Waals surface area contributed by atoms with Gasteiger partial charge in [0.1, 0.15) is 0 Å². The van der Waals surface area contributed by atoms with Gasteiger partial charge in [-0.3, -0.25) is 0 Å². The van der Waals surface area contributed by atoms with Crippen molar-refractivity contribution >= 4 is 40.0 Å². The number of halogens is 2. The van der Waals surface area contributed by atoms with Crippen LogP contribution in [0.2, 0.25) is 0 Å². The van der Waals surface area contributed by atoms with Crippen molar-refractivity contribution in [3.63, 3.8) is 0 Å². The van der Waals surface area contributed by atoms with Gasteiger partial charge in [0, 0.05) is 0 Å². The molecule has 25 heavy (non-hydrogen) atoms. The fourth-order valence-corrected chi connectivity index (χ4v) is 5.60. The van der Waals surface area contributed by atoms with Crippen LogP contribution in [-0.4, -0.2) is 17.5 Å². The topological polar surface area (TPSA) is 46.5 Å². The van der Waals surface area contributed by atoms with Crippen LogP contribution in [-0.2, 0) is 26.8 Å². The number of carbonyl (C=O) groups is 1. The monoisotopic (exact) mass is 408 g/mol. The van der Waals surface area contributed by atoms with Gasteiger partial charge in [-0.05, 0) is 0 Å². The normalized spacial score (nSPS) is 13.7. The summed E-state index contributed by atoms with van der Waals surface area (Å²) < 4.78 is 5.02. The van der Waals surface area contributed by atoms with Crippen molar-refractivity contribution in [2.24, 2.45) is 0 Å². The van der Waals surface area contributed by atoms with E-state index >= 15 is 0 Å². The molecule has 0 aliphatic rings. The Morgan fingerprint density at radius 3 is 1.84 bits per heavy atom. The zero-order chi connectivity index (χ0) is 19.6. The SMILES string of the molecule is CCOC(=O)CCc1cc(C(C)(C)C)c([PH](O)(Cl)Cl)c(C(C)(C)C)c1. The molecule has 0 saturated carbocycles. The van der Waals surface area contributed by atoms with Crippen molar-refractivity contribution in [1.29, 1.82) is 0 Å². The summed E-state index contributed by atoms with van der Waals surface area (Å²) in [5.41, 5.74) is 2.44. The Kier molecular flexibility index (Phi) is 7.38. The maximum absolute atomic E-state index is 11.7. The number of rotatable bonds is 5. The van der Waals surface area contributed by atoms with E-state index in [0.29, 0.717) is 24.8 Å². The Bertz CT molecular complexity index is 588. The van der Waals surface area contributed by atoms with E-state index in [2.05, 4.69) is 41.5 Å². The van der Waals surface area contributed by atoms with Crippen molar-refractivity contribution in [2.75, 3.05) is 6.61 Å². The average Bonchev–Trinajstić information content (AvgIpc) is 2.41. The van der Waals surface area contributed by atoms with Gasteiger partial charge < -0.3 is 0 Å². The standard InChI is InChI=1S/C19H31Cl2O3P/c1-8-24-16(22)10-9-13-11-14(18(2,3)4)17(25(20,21)23)15(12-13)19(5,6)7/h11-12,23,25H,8-10H2,1-7H3. The van der Waals surface area contributed by atoms with Gasteiger partial charge in [-0.1, -0.05) is 0 Å². The molecule has 0 heterocycles. The minimum absolute atomic E-state index is 0.207. The Labute approximate surface area is 162 Å². The average molecular weight is 409 g/mol. The summed E-state index contributed by atoms with van der Waals surface area (Å²) in [6.45, 7) is 14.6. The number of carbonyl (C=O) groups excluding carboxylic acids is 1. The van der Waals surface area contributed by atoms with Crippen LogP contribution in [0.4, 0.5) is 0 Å². The first-order chi connectivity index (χ1) is 11.2. The van der Waals surface area contributed by atoms with E-state index in [1.54, 1.807) is 6.92 Å². The molecule has 0 aliphatic heterocycles. The number of hydrogen-bond donors (Lipinski definition) is 1. The molecule has 0 unspecified atom stereocenters. The van der Waals surface area contributed by atoms with E-state index in [0.717, 1.165) is 16.7 Å². The molecular weight excluding hydrogens is 378 g/mol. The van der Waals surface area contributed by atoms with Gasteiger partial charge in [-0.25, -0.2) is 0 Å². The van der Waals surface area contributed by atoms with Crippen LogP contribution in [0.3, 0.4) is 0 Å². The number of aryl methyl sites for hydroxylation is 1. The van der Waals surface area contributed by atoms with E-state index in [4.69, 9.17) is 27.2 Å². The second kappa shape index (κ2) is 8.13. The first kappa shape index (κ1) is 22.7. The molecule has 0 aliphatic carbocycles. The molecule has 0 saturated heterocycles. The van der Waals surface area contributed by atoms with Gasteiger partial charge in [0.2, 0.25) is 0 Å². The first-order valence-corrected chi connectivity index (χ1v) is 12.6. The number of benzene rings is 1. The minimum atomic E-state index is -3.57. The summed E-state index contributed by atoms with van der Waals surface area (Å²) in [7, 11) is 0. The Hall–Kier alpha value is -0.340. The molecule has 144 valence electrons. The van der Waals surface area contributed by atoms with Crippen LogP contribution in [0.25, 0.3) is 0 Å². The second-order valence-electron chi connectivity index (χ2n) is 8.41. The number of esters is 1. The molecule has 6 heteroatoms. The fourth-order valence-electron chi connectivity index (χ4n) is 2.83. The van der Waals surface area contributed by atoms with Crippen molar-refractivity contribution < 1.29 is 14.4 Å². The summed E-state index contributed by atoms with van der Waals surface area (Å²) in [4.78, 5) is 22.3. The van der Waals surface area contributed by atoms with Gasteiger partial charge in [-0.2, -0.15) is 0 Å². The van der Waals surface area contributed by atoms with E-state index < -0.39 is 6.19 Å². The Morgan fingerprint density at radius 1 is 1.08 bits per heavy atom. The van der Waals surface area contributed by atoms with E-state index in [1.807, 2.05) is 12.1 Å². The number of ether oxygens (including phenoxy) is 1. The summed E-state index contributed by atoms with van der Waals surface area (Å²) in [6, 6.07) is 4.04. The van der Waals surface area contributed by atoms with Crippen LogP contribution in [0, 0.1) is 0 Å². The zero-order valence-electron chi connectivity index (χ0n) is 16.3. The fraction of sp³-hybridized carbons (Fsp3) is 0.632. The van der Waals surface area contributed by atoms with Crippen molar-refractivity contribution in [3.05, 3.63) is 28.8 Å². The van der Waals surface area contributed by atoms with Crippen LogP contribution in [0.1, 0.15) is 71.6 Å². The molecule has 1 aromatic rings. The molecule has 0 bridgehead atoms. The van der Waals surface area contributed by atoms with E-state index in [-0.39, 0.29) is 16.8 Å². The molecule has 0 amide bonds. The van der Waals surface area contributed by atoms with E-state index in [1.165, 1.54) is 0 Å². The molecule has 1 aromatic carbocycles. The van der Waals surface area contributed by atoms with Gasteiger partial charge in [0.05, 0.1) is 0 Å². The molecule has 0 radical (unpaired) electrons. The van der Waals surface area contributed by atoms with Crippen LogP contribution in [0.15, 0.2) is 12.1 Å². The van der Waals surface area contributed by atoms with Gasteiger partial charge in [-0.15, -0.1) is 0 Å². The molecular formula is C19H31Cl2O3P. The third-order valence-corrected chi connectivity index (χ3v) is 6.31. The van der Waals surface area contributed by atoms with Crippen molar-refractivity contribution in [1.82, 2.24) is 0 Å². The summed E-state index contributed by atoms with van der Waals surface area (Å²) >= 11 is 12.6. The van der Waals surface area contributed by atoms with Crippen molar-refractivity contribution in [2.45, 2.75) is 72.1 Å². The predicted octanol–water partition coefficient (Wildman–Crippen LogP) is 5.37. The summed E-state index contributed by atoms with van der Waals surface area (Å²) in [5.74, 6) is -0.207. The van der Waals surface area contributed by atoms with Crippen molar-refractivity contribution in [3.8, 4) is 0 Å². The van der Waals surface area contributed by atoms with Gasteiger partial charge >= 0.3 is 162 Å². The van der Waals surface area contributed by atoms with Gasteiger partial charge in [0.25, 0.3) is 0 Å². The quantitative estimate of drug-likeness (QED) is 0.526.